The van der Waals surface area contributed by atoms with Gasteiger partial charge in [-0.3, -0.25) is 0 Å². The van der Waals surface area contributed by atoms with E-state index in [-0.39, 0.29) is 18.5 Å². The number of fused-ring (bicyclic) bond motifs is 1. The Bertz CT molecular complexity index is 138. The zero-order chi connectivity index (χ0) is 7.14. The summed E-state index contributed by atoms with van der Waals surface area (Å²) in [5.74, 6) is 0. The van der Waals surface area contributed by atoms with Crippen molar-refractivity contribution in [2.24, 2.45) is 0 Å². The van der Waals surface area contributed by atoms with E-state index in [9.17, 15) is 0 Å². The van der Waals surface area contributed by atoms with Crippen LogP contribution in [0, 0.1) is 0 Å². The second-order valence-electron chi connectivity index (χ2n) is 2.57. The van der Waals surface area contributed by atoms with Crippen LogP contribution >= 0.6 is 0 Å². The first-order valence-electron chi connectivity index (χ1n) is 3.38. The van der Waals surface area contributed by atoms with Crippen molar-refractivity contribution in [2.75, 3.05) is 6.61 Å². The van der Waals surface area contributed by atoms with E-state index in [0.29, 0.717) is 6.61 Å². The van der Waals surface area contributed by atoms with Crippen LogP contribution in [0.5, 0.6) is 0 Å². The van der Waals surface area contributed by atoms with Crippen molar-refractivity contribution in [1.29, 1.82) is 0 Å². The molecule has 0 amide bonds. The van der Waals surface area contributed by atoms with Gasteiger partial charge >= 0.3 is 0 Å². The maximum Gasteiger partial charge on any atom is 0.184 e. The van der Waals surface area contributed by atoms with Crippen molar-refractivity contribution in [3.05, 3.63) is 0 Å². The number of hydrogen-bond donors (Lipinski definition) is 1. The fourth-order valence-corrected chi connectivity index (χ4v) is 1.34. The third-order valence-corrected chi connectivity index (χ3v) is 1.79. The van der Waals surface area contributed by atoms with Crippen LogP contribution in [0.15, 0.2) is 0 Å². The normalized spacial score (nSPS) is 53.4. The average Bonchev–Trinajstić information content (AvgIpc) is 2.35. The predicted molar refractivity (Wildman–Crippen MR) is 31.2 cm³/mol. The van der Waals surface area contributed by atoms with Gasteiger partial charge in [-0.2, -0.15) is 0 Å². The van der Waals surface area contributed by atoms with E-state index in [2.05, 4.69) is 0 Å². The highest BCUT2D eigenvalue weighted by molar-refractivity contribution is 4.83. The maximum atomic E-state index is 9.09. The first kappa shape index (κ1) is 6.54. The van der Waals surface area contributed by atoms with Crippen LogP contribution < -0.4 is 0 Å². The summed E-state index contributed by atoms with van der Waals surface area (Å²) in [7, 11) is 0. The van der Waals surface area contributed by atoms with E-state index >= 15 is 0 Å². The SMILES string of the molecule is C[C@@H]1O[C@@H]2COC(O)[C@@H]2O1. The molecule has 4 nitrogen and oxygen atoms in total. The fraction of sp³-hybridized carbons (Fsp3) is 1.00. The van der Waals surface area contributed by atoms with E-state index in [1.807, 2.05) is 6.92 Å². The molecule has 2 fully saturated rings. The van der Waals surface area contributed by atoms with Crippen molar-refractivity contribution in [3.63, 3.8) is 0 Å². The van der Waals surface area contributed by atoms with Crippen LogP contribution in [0.4, 0.5) is 0 Å². The molecule has 0 saturated carbocycles. The molecule has 10 heavy (non-hydrogen) atoms. The highest BCUT2D eigenvalue weighted by atomic mass is 16.8. The van der Waals surface area contributed by atoms with Crippen molar-refractivity contribution in [2.45, 2.75) is 31.7 Å². The quantitative estimate of drug-likeness (QED) is 0.499. The van der Waals surface area contributed by atoms with E-state index in [1.165, 1.54) is 0 Å². The van der Waals surface area contributed by atoms with Gasteiger partial charge in [0.1, 0.15) is 12.2 Å². The summed E-state index contributed by atoms with van der Waals surface area (Å²) in [6, 6.07) is 0. The molecule has 1 N–H and O–H groups in total. The zero-order valence-electron chi connectivity index (χ0n) is 5.69. The number of aliphatic hydroxyl groups excluding tert-OH is 1. The minimum atomic E-state index is -0.796. The summed E-state index contributed by atoms with van der Waals surface area (Å²) in [4.78, 5) is 0. The molecular formula is C6H10O4. The van der Waals surface area contributed by atoms with Gasteiger partial charge in [-0.1, -0.05) is 0 Å². The Hall–Kier alpha value is -0.160. The predicted octanol–water partition coefficient (Wildman–Crippen LogP) is -0.535. The highest BCUT2D eigenvalue weighted by Gasteiger charge is 2.44. The molecule has 1 unspecified atom stereocenters. The van der Waals surface area contributed by atoms with Gasteiger partial charge in [0, 0.05) is 0 Å². The van der Waals surface area contributed by atoms with Crippen molar-refractivity contribution in [1.82, 2.24) is 0 Å². The maximum absolute atomic E-state index is 9.09. The number of ether oxygens (including phenoxy) is 3. The van der Waals surface area contributed by atoms with Crippen molar-refractivity contribution in [3.8, 4) is 0 Å². The fourth-order valence-electron chi connectivity index (χ4n) is 1.34. The molecule has 2 aliphatic rings. The third kappa shape index (κ3) is 0.845. The van der Waals surface area contributed by atoms with Gasteiger partial charge in [-0.15, -0.1) is 0 Å². The Morgan fingerprint density at radius 2 is 2.20 bits per heavy atom. The van der Waals surface area contributed by atoms with Gasteiger partial charge in [0.15, 0.2) is 12.6 Å². The van der Waals surface area contributed by atoms with Crippen molar-refractivity contribution >= 4 is 0 Å². The lowest BCUT2D eigenvalue weighted by molar-refractivity contribution is -0.158. The Morgan fingerprint density at radius 1 is 1.40 bits per heavy atom. The second-order valence-corrected chi connectivity index (χ2v) is 2.57. The molecule has 2 saturated heterocycles. The lowest BCUT2D eigenvalue weighted by Gasteiger charge is -2.09. The molecule has 0 aromatic rings. The van der Waals surface area contributed by atoms with Crippen molar-refractivity contribution < 1.29 is 19.3 Å². The molecule has 2 aliphatic heterocycles. The molecule has 4 heteroatoms. The van der Waals surface area contributed by atoms with Gasteiger partial charge in [0.05, 0.1) is 6.61 Å². The van der Waals surface area contributed by atoms with Crippen LogP contribution in [0.1, 0.15) is 6.92 Å². The van der Waals surface area contributed by atoms with E-state index < -0.39 is 6.29 Å². The molecule has 58 valence electrons. The molecule has 0 aromatic carbocycles. The van der Waals surface area contributed by atoms with Gasteiger partial charge in [0.2, 0.25) is 0 Å². The molecule has 2 rings (SSSR count). The van der Waals surface area contributed by atoms with Gasteiger partial charge in [0.25, 0.3) is 0 Å². The van der Waals surface area contributed by atoms with E-state index in [0.717, 1.165) is 0 Å². The Morgan fingerprint density at radius 3 is 2.90 bits per heavy atom. The number of rotatable bonds is 0. The van der Waals surface area contributed by atoms with Crippen LogP contribution in [0.3, 0.4) is 0 Å². The molecule has 2 heterocycles. The molecule has 0 bridgehead atoms. The molecule has 0 spiro atoms. The molecule has 4 atom stereocenters. The molecule has 0 radical (unpaired) electrons. The Labute approximate surface area is 58.7 Å². The summed E-state index contributed by atoms with van der Waals surface area (Å²) in [5, 5.41) is 9.09. The number of hydrogen-bond acceptors (Lipinski definition) is 4. The molecule has 0 aromatic heterocycles. The summed E-state index contributed by atoms with van der Waals surface area (Å²) < 4.78 is 15.3. The first-order chi connectivity index (χ1) is 4.77. The van der Waals surface area contributed by atoms with Gasteiger partial charge in [-0.25, -0.2) is 0 Å². The lowest BCUT2D eigenvalue weighted by Crippen LogP contribution is -2.26. The number of aliphatic hydroxyl groups is 1. The van der Waals surface area contributed by atoms with Crippen LogP contribution in [-0.2, 0) is 14.2 Å². The molecular weight excluding hydrogens is 136 g/mol. The lowest BCUT2D eigenvalue weighted by atomic mass is 10.2. The van der Waals surface area contributed by atoms with Gasteiger partial charge < -0.3 is 19.3 Å². The topological polar surface area (TPSA) is 47.9 Å². The van der Waals surface area contributed by atoms with Crippen LogP contribution in [0.2, 0.25) is 0 Å². The minimum absolute atomic E-state index is 0.0648. The average molecular weight is 146 g/mol. The third-order valence-electron chi connectivity index (χ3n) is 1.79. The Kier molecular flexibility index (Phi) is 1.42. The monoisotopic (exact) mass is 146 g/mol. The minimum Gasteiger partial charge on any atom is -0.366 e. The highest BCUT2D eigenvalue weighted by Crippen LogP contribution is 2.27. The summed E-state index contributed by atoms with van der Waals surface area (Å²) >= 11 is 0. The van der Waals surface area contributed by atoms with Crippen LogP contribution in [-0.4, -0.2) is 36.5 Å². The van der Waals surface area contributed by atoms with Gasteiger partial charge in [-0.05, 0) is 6.92 Å². The molecule has 0 aliphatic carbocycles. The summed E-state index contributed by atoms with van der Waals surface area (Å²) in [5.41, 5.74) is 0. The first-order valence-corrected chi connectivity index (χ1v) is 3.38. The van der Waals surface area contributed by atoms with E-state index in [1.54, 1.807) is 0 Å². The second kappa shape index (κ2) is 2.17. The largest absolute Gasteiger partial charge is 0.366 e. The van der Waals surface area contributed by atoms with E-state index in [4.69, 9.17) is 19.3 Å². The zero-order valence-corrected chi connectivity index (χ0v) is 5.69. The summed E-state index contributed by atoms with van der Waals surface area (Å²) in [6.07, 6.45) is -1.33. The van der Waals surface area contributed by atoms with Crippen LogP contribution in [0.25, 0.3) is 0 Å². The summed E-state index contributed by atoms with van der Waals surface area (Å²) in [6.45, 7) is 2.25. The smallest absolute Gasteiger partial charge is 0.184 e. The Balaban J connectivity index is 2.05. The standard InChI is InChI=1S/C6H10O4/c1-3-9-4-2-8-6(7)5(4)10-3/h3-7H,2H2,1H3/t3-,4-,5-,6?/m1/s1.